The number of nitrogens with one attached hydrogen (secondary N) is 2. The van der Waals surface area contributed by atoms with Crippen molar-refractivity contribution in [2.45, 2.75) is 58.5 Å². The largest absolute Gasteiger partial charge is 0.360 e. The second-order valence-corrected chi connectivity index (χ2v) is 11.0. The Morgan fingerprint density at radius 2 is 1.97 bits per heavy atom. The standard InChI is InChI=1S/C29H35Cl2N7O/c1-4-37(5-2)13-11-20-8-6-7-12-38(20)29(39)21-16-25-22(15-23(21)31)28(33-17-32-25)34-18(3)27-35-24-10-9-19(30)14-26(24)36-27/h9-10,14-18,20H,4-8,11-13H2,1-3H3,(H,35,36)(H,32,33,34)/t18-,20-/m0/s1. The Morgan fingerprint density at radius 1 is 1.15 bits per heavy atom. The van der Waals surface area contributed by atoms with Crippen LogP contribution in [0.15, 0.2) is 36.7 Å². The Balaban J connectivity index is 1.38. The number of imidazole rings is 1. The summed E-state index contributed by atoms with van der Waals surface area (Å²) in [5, 5.41) is 5.24. The van der Waals surface area contributed by atoms with Crippen LogP contribution in [-0.2, 0) is 0 Å². The van der Waals surface area contributed by atoms with Gasteiger partial charge in [-0.05, 0) is 76.0 Å². The zero-order valence-corrected chi connectivity index (χ0v) is 24.2. The molecule has 206 valence electrons. The molecule has 1 amide bonds. The lowest BCUT2D eigenvalue weighted by Gasteiger charge is -2.37. The quantitative estimate of drug-likeness (QED) is 0.233. The summed E-state index contributed by atoms with van der Waals surface area (Å²) >= 11 is 12.9. The summed E-state index contributed by atoms with van der Waals surface area (Å²) in [6, 6.07) is 9.22. The van der Waals surface area contributed by atoms with Crippen LogP contribution in [0.5, 0.6) is 0 Å². The van der Waals surface area contributed by atoms with Crippen LogP contribution in [0.3, 0.4) is 0 Å². The van der Waals surface area contributed by atoms with Crippen molar-refractivity contribution in [1.29, 1.82) is 0 Å². The molecule has 1 aliphatic rings. The molecule has 1 saturated heterocycles. The van der Waals surface area contributed by atoms with E-state index in [1.165, 1.54) is 6.33 Å². The number of carbonyl (C=O) groups excluding carboxylic acids is 1. The third kappa shape index (κ3) is 5.98. The summed E-state index contributed by atoms with van der Waals surface area (Å²) in [7, 11) is 0. The number of hydrogen-bond donors (Lipinski definition) is 2. The molecule has 2 atom stereocenters. The minimum atomic E-state index is -0.172. The summed E-state index contributed by atoms with van der Waals surface area (Å²) in [5.74, 6) is 1.37. The molecule has 2 aromatic heterocycles. The van der Waals surface area contributed by atoms with Crippen molar-refractivity contribution in [2.24, 2.45) is 0 Å². The molecule has 3 heterocycles. The van der Waals surface area contributed by atoms with E-state index in [0.717, 1.165) is 74.1 Å². The lowest BCUT2D eigenvalue weighted by Crippen LogP contribution is -2.45. The van der Waals surface area contributed by atoms with Gasteiger partial charge in [0, 0.05) is 29.5 Å². The highest BCUT2D eigenvalue weighted by molar-refractivity contribution is 6.35. The van der Waals surface area contributed by atoms with Gasteiger partial charge in [0.1, 0.15) is 18.0 Å². The van der Waals surface area contributed by atoms with Crippen molar-refractivity contribution in [3.05, 3.63) is 58.1 Å². The summed E-state index contributed by atoms with van der Waals surface area (Å²) < 4.78 is 0. The Kier molecular flexibility index (Phi) is 8.54. The maximum atomic E-state index is 13.8. The van der Waals surface area contributed by atoms with E-state index in [1.807, 2.05) is 30.0 Å². The summed E-state index contributed by atoms with van der Waals surface area (Å²) in [6.45, 7) is 10.2. The molecule has 1 aliphatic heterocycles. The normalized spacial score (nSPS) is 16.8. The smallest absolute Gasteiger partial charge is 0.255 e. The van der Waals surface area contributed by atoms with Crippen LogP contribution in [-0.4, -0.2) is 67.9 Å². The van der Waals surface area contributed by atoms with Gasteiger partial charge < -0.3 is 20.1 Å². The molecular weight excluding hydrogens is 533 g/mol. The molecule has 8 nitrogen and oxygen atoms in total. The van der Waals surface area contributed by atoms with Gasteiger partial charge in [0.2, 0.25) is 0 Å². The minimum absolute atomic E-state index is 0.0198. The topological polar surface area (TPSA) is 90.0 Å². The SMILES string of the molecule is CCN(CC)CC[C@@H]1CCCCN1C(=O)c1cc2ncnc(N[C@@H](C)c3nc4ccc(Cl)cc4[nH]3)c2cc1Cl. The van der Waals surface area contributed by atoms with Gasteiger partial charge in [-0.3, -0.25) is 4.79 Å². The number of piperidine rings is 1. The van der Waals surface area contributed by atoms with Crippen LogP contribution < -0.4 is 5.32 Å². The zero-order valence-electron chi connectivity index (χ0n) is 22.7. The first-order chi connectivity index (χ1) is 18.9. The van der Waals surface area contributed by atoms with Gasteiger partial charge in [-0.2, -0.15) is 0 Å². The van der Waals surface area contributed by atoms with Crippen LogP contribution in [0.25, 0.3) is 21.9 Å². The maximum Gasteiger partial charge on any atom is 0.255 e. The van der Waals surface area contributed by atoms with E-state index >= 15 is 0 Å². The van der Waals surface area contributed by atoms with Crippen molar-refractivity contribution in [3.63, 3.8) is 0 Å². The molecule has 1 fully saturated rings. The number of rotatable bonds is 9. The molecule has 0 unspecified atom stereocenters. The molecule has 0 aliphatic carbocycles. The van der Waals surface area contributed by atoms with E-state index in [0.29, 0.717) is 26.9 Å². The number of benzene rings is 2. The van der Waals surface area contributed by atoms with E-state index < -0.39 is 0 Å². The first-order valence-corrected chi connectivity index (χ1v) is 14.5. The van der Waals surface area contributed by atoms with Crippen LogP contribution in [0.2, 0.25) is 10.0 Å². The van der Waals surface area contributed by atoms with Gasteiger partial charge in [-0.15, -0.1) is 0 Å². The zero-order chi connectivity index (χ0) is 27.5. The Hall–Kier alpha value is -2.94. The highest BCUT2D eigenvalue weighted by Crippen LogP contribution is 2.31. The Morgan fingerprint density at radius 3 is 2.77 bits per heavy atom. The number of likely N-dealkylation sites (tertiary alicyclic amines) is 1. The molecule has 2 N–H and O–H groups in total. The van der Waals surface area contributed by atoms with Crippen molar-refractivity contribution >= 4 is 56.9 Å². The number of nitrogens with zero attached hydrogens (tertiary/aromatic N) is 5. The van der Waals surface area contributed by atoms with Crippen molar-refractivity contribution < 1.29 is 4.79 Å². The van der Waals surface area contributed by atoms with Gasteiger partial charge in [-0.1, -0.05) is 37.0 Å². The predicted octanol–water partition coefficient (Wildman–Crippen LogP) is 6.71. The fraction of sp³-hybridized carbons (Fsp3) is 0.448. The number of hydrogen-bond acceptors (Lipinski definition) is 6. The minimum Gasteiger partial charge on any atom is -0.360 e. The van der Waals surface area contributed by atoms with Gasteiger partial charge in [0.05, 0.1) is 33.2 Å². The van der Waals surface area contributed by atoms with Crippen molar-refractivity contribution in [3.8, 4) is 0 Å². The number of halogens is 2. The molecule has 0 spiro atoms. The van der Waals surface area contributed by atoms with E-state index in [2.05, 4.69) is 44.0 Å². The van der Waals surface area contributed by atoms with Crippen LogP contribution in [0.4, 0.5) is 5.82 Å². The molecule has 2 aromatic carbocycles. The molecule has 39 heavy (non-hydrogen) atoms. The highest BCUT2D eigenvalue weighted by atomic mass is 35.5. The summed E-state index contributed by atoms with van der Waals surface area (Å²) in [6.07, 6.45) is 5.67. The highest BCUT2D eigenvalue weighted by Gasteiger charge is 2.29. The van der Waals surface area contributed by atoms with E-state index in [9.17, 15) is 4.79 Å². The number of amides is 1. The monoisotopic (exact) mass is 567 g/mol. The molecular formula is C29H35Cl2N7O. The van der Waals surface area contributed by atoms with Gasteiger partial charge in [0.25, 0.3) is 5.91 Å². The van der Waals surface area contributed by atoms with Gasteiger partial charge >= 0.3 is 0 Å². The number of anilines is 1. The number of fused-ring (bicyclic) bond motifs is 2. The predicted molar refractivity (Wildman–Crippen MR) is 159 cm³/mol. The molecule has 5 rings (SSSR count). The van der Waals surface area contributed by atoms with Gasteiger partial charge in [0.15, 0.2) is 0 Å². The third-order valence-corrected chi connectivity index (χ3v) is 8.29. The van der Waals surface area contributed by atoms with Gasteiger partial charge in [-0.25, -0.2) is 15.0 Å². The van der Waals surface area contributed by atoms with Crippen molar-refractivity contribution in [2.75, 3.05) is 31.5 Å². The van der Waals surface area contributed by atoms with E-state index in [-0.39, 0.29) is 18.0 Å². The third-order valence-electron chi connectivity index (χ3n) is 7.74. The van der Waals surface area contributed by atoms with Crippen LogP contribution >= 0.6 is 23.2 Å². The average Bonchev–Trinajstić information content (AvgIpc) is 3.37. The summed E-state index contributed by atoms with van der Waals surface area (Å²) in [4.78, 5) is 35.1. The van der Waals surface area contributed by atoms with Crippen LogP contribution in [0, 0.1) is 0 Å². The number of aromatic nitrogens is 4. The lowest BCUT2D eigenvalue weighted by molar-refractivity contribution is 0.0586. The fourth-order valence-corrected chi connectivity index (χ4v) is 5.85. The molecule has 10 heteroatoms. The molecule has 0 saturated carbocycles. The van der Waals surface area contributed by atoms with Crippen molar-refractivity contribution in [1.82, 2.24) is 29.7 Å². The number of carbonyl (C=O) groups is 1. The maximum absolute atomic E-state index is 13.8. The van der Waals surface area contributed by atoms with E-state index in [4.69, 9.17) is 23.2 Å². The second kappa shape index (κ2) is 12.1. The fourth-order valence-electron chi connectivity index (χ4n) is 5.43. The van der Waals surface area contributed by atoms with Crippen LogP contribution in [0.1, 0.15) is 68.7 Å². The average molecular weight is 569 g/mol. The lowest BCUT2D eigenvalue weighted by atomic mass is 9.97. The Labute approximate surface area is 239 Å². The molecule has 4 aromatic rings. The molecule has 0 bridgehead atoms. The second-order valence-electron chi connectivity index (χ2n) is 10.2. The number of H-pyrrole nitrogens is 1. The molecule has 0 radical (unpaired) electrons. The summed E-state index contributed by atoms with van der Waals surface area (Å²) in [5.41, 5.74) is 2.87. The first kappa shape index (κ1) is 27.6. The Bertz CT molecular complexity index is 1470. The first-order valence-electron chi connectivity index (χ1n) is 13.8. The van der Waals surface area contributed by atoms with E-state index in [1.54, 1.807) is 12.1 Å². The number of aromatic amines is 1.